The maximum Gasteiger partial charge on any atom is 0.325 e. The zero-order valence-electron chi connectivity index (χ0n) is 19.9. The maximum atomic E-state index is 13.1. The molecule has 1 aromatic rings. The number of benzene rings is 1. The maximum absolute atomic E-state index is 13.1. The number of sulfonamides is 1. The van der Waals surface area contributed by atoms with Gasteiger partial charge in [0.15, 0.2) is 6.61 Å². The van der Waals surface area contributed by atoms with E-state index < -0.39 is 46.2 Å². The number of aliphatic hydroxyl groups excluding tert-OH is 1. The van der Waals surface area contributed by atoms with Gasteiger partial charge in [0.05, 0.1) is 17.5 Å². The fourth-order valence-electron chi connectivity index (χ4n) is 3.37. The molecule has 1 aromatic carbocycles. The van der Waals surface area contributed by atoms with E-state index in [9.17, 15) is 27.9 Å². The summed E-state index contributed by atoms with van der Waals surface area (Å²) in [5.74, 6) is -1.91. The lowest BCUT2D eigenvalue weighted by molar-refractivity contribution is -0.154. The van der Waals surface area contributed by atoms with Crippen LogP contribution in [0.1, 0.15) is 38.3 Å². The highest BCUT2D eigenvalue weighted by Gasteiger charge is 2.44. The number of carbonyl (C=O) groups excluding carboxylic acids is 3. The fraction of sp³-hybridized carbons (Fsp3) is 0.591. The van der Waals surface area contributed by atoms with Crippen molar-refractivity contribution < 1.29 is 32.6 Å². The molecule has 2 N–H and O–H groups in total. The lowest BCUT2D eigenvalue weighted by Crippen LogP contribution is -2.47. The number of aliphatic hydroxyl groups is 1. The predicted octanol–water partition coefficient (Wildman–Crippen LogP) is 0.344. The van der Waals surface area contributed by atoms with Crippen LogP contribution in [-0.2, 0) is 29.1 Å². The minimum absolute atomic E-state index is 0.0122. The van der Waals surface area contributed by atoms with Gasteiger partial charge >= 0.3 is 5.97 Å². The Labute approximate surface area is 194 Å². The third-order valence-corrected chi connectivity index (χ3v) is 7.12. The Morgan fingerprint density at radius 1 is 1.21 bits per heavy atom. The number of likely N-dealkylation sites (N-methyl/N-ethyl adjacent to an activating group) is 1. The highest BCUT2D eigenvalue weighted by molar-refractivity contribution is 7.89. The van der Waals surface area contributed by atoms with Gasteiger partial charge in [-0.2, -0.15) is 4.31 Å². The largest absolute Gasteiger partial charge is 0.454 e. The molecule has 0 aliphatic carbocycles. The molecular weight excluding hydrogens is 450 g/mol. The molecule has 11 heteroatoms. The molecule has 0 aromatic heterocycles. The Kier molecular flexibility index (Phi) is 8.26. The second-order valence-electron chi connectivity index (χ2n) is 9.38. The van der Waals surface area contributed by atoms with Crippen molar-refractivity contribution in [3.05, 3.63) is 29.3 Å². The van der Waals surface area contributed by atoms with E-state index in [1.165, 1.54) is 19.2 Å². The Morgan fingerprint density at radius 3 is 2.42 bits per heavy atom. The fourth-order valence-corrected chi connectivity index (χ4v) is 5.09. The number of β-amino-alcohol motifs (C(OH)–C–C–N with tert-alkyl or cyclic N) is 1. The summed E-state index contributed by atoms with van der Waals surface area (Å²) < 4.78 is 32.2. The van der Waals surface area contributed by atoms with E-state index in [-0.39, 0.29) is 30.3 Å². The Hall–Kier alpha value is -2.50. The average molecular weight is 484 g/mol. The summed E-state index contributed by atoms with van der Waals surface area (Å²) in [6.45, 7) is 7.93. The quantitative estimate of drug-likeness (QED) is 0.535. The highest BCUT2D eigenvalue weighted by atomic mass is 32.2. The van der Waals surface area contributed by atoms with Crippen LogP contribution in [0.5, 0.6) is 0 Å². The van der Waals surface area contributed by atoms with Gasteiger partial charge in [-0.25, -0.2) is 8.42 Å². The van der Waals surface area contributed by atoms with E-state index in [4.69, 9.17) is 4.74 Å². The molecule has 0 spiro atoms. The van der Waals surface area contributed by atoms with Crippen LogP contribution in [0.3, 0.4) is 0 Å². The van der Waals surface area contributed by atoms with Gasteiger partial charge in [0.2, 0.25) is 15.9 Å². The minimum Gasteiger partial charge on any atom is -0.454 e. The van der Waals surface area contributed by atoms with Crippen molar-refractivity contribution in [1.29, 1.82) is 0 Å². The molecule has 33 heavy (non-hydrogen) atoms. The molecule has 2 atom stereocenters. The van der Waals surface area contributed by atoms with Crippen molar-refractivity contribution in [3.8, 4) is 0 Å². The number of rotatable bonds is 7. The van der Waals surface area contributed by atoms with Crippen molar-refractivity contribution in [1.82, 2.24) is 14.5 Å². The summed E-state index contributed by atoms with van der Waals surface area (Å²) >= 11 is 0. The van der Waals surface area contributed by atoms with Crippen LogP contribution in [0, 0.1) is 13.8 Å². The number of nitrogens with one attached hydrogen (secondary N) is 1. The minimum atomic E-state index is -4.07. The van der Waals surface area contributed by atoms with Crippen LogP contribution >= 0.6 is 0 Å². The zero-order chi connectivity index (χ0) is 25.1. The normalized spacial score (nSPS) is 19.2. The first-order chi connectivity index (χ1) is 15.1. The van der Waals surface area contributed by atoms with E-state index in [0.717, 1.165) is 20.3 Å². The number of carbonyl (C=O) groups is 3. The first-order valence-electron chi connectivity index (χ1n) is 10.6. The SMILES string of the molecule is Cc1ccc(S(=O)(=O)N2CC(O)C[C@H]2C(=O)OCC(=O)N(C)CC(=O)NC(C)(C)C)cc1C. The van der Waals surface area contributed by atoms with E-state index in [1.54, 1.807) is 13.0 Å². The lowest BCUT2D eigenvalue weighted by atomic mass is 10.1. The van der Waals surface area contributed by atoms with Gasteiger partial charge in [-0.15, -0.1) is 0 Å². The van der Waals surface area contributed by atoms with Crippen LogP contribution in [-0.4, -0.2) is 84.9 Å². The molecule has 0 saturated carbocycles. The molecule has 2 amide bonds. The summed E-state index contributed by atoms with van der Waals surface area (Å²) in [7, 11) is -2.67. The van der Waals surface area contributed by atoms with Crippen molar-refractivity contribution in [3.63, 3.8) is 0 Å². The summed E-state index contributed by atoms with van der Waals surface area (Å²) in [6.07, 6.45) is -1.18. The van der Waals surface area contributed by atoms with Crippen LogP contribution in [0.4, 0.5) is 0 Å². The first kappa shape index (κ1) is 26.7. The molecular formula is C22H33N3O7S. The monoisotopic (exact) mass is 483 g/mol. The van der Waals surface area contributed by atoms with E-state index in [0.29, 0.717) is 0 Å². The third kappa shape index (κ3) is 6.99. The van der Waals surface area contributed by atoms with E-state index in [2.05, 4.69) is 5.32 Å². The smallest absolute Gasteiger partial charge is 0.325 e. The summed E-state index contributed by atoms with van der Waals surface area (Å²) in [6, 6.07) is 3.38. The first-order valence-corrected chi connectivity index (χ1v) is 12.0. The Balaban J connectivity index is 2.05. The number of aryl methyl sites for hydroxylation is 2. The van der Waals surface area contributed by atoms with Crippen molar-refractivity contribution in [2.24, 2.45) is 0 Å². The summed E-state index contributed by atoms with van der Waals surface area (Å²) in [4.78, 5) is 38.0. The molecule has 10 nitrogen and oxygen atoms in total. The molecule has 0 radical (unpaired) electrons. The average Bonchev–Trinajstić information content (AvgIpc) is 3.09. The molecule has 1 unspecified atom stereocenters. The van der Waals surface area contributed by atoms with Gasteiger partial charge in [0.25, 0.3) is 5.91 Å². The van der Waals surface area contributed by atoms with Crippen molar-refractivity contribution in [2.45, 2.75) is 63.6 Å². The topological polar surface area (TPSA) is 133 Å². The van der Waals surface area contributed by atoms with Gasteiger partial charge in [-0.1, -0.05) is 6.07 Å². The number of esters is 1. The second kappa shape index (κ2) is 10.2. The van der Waals surface area contributed by atoms with Crippen LogP contribution in [0.25, 0.3) is 0 Å². The second-order valence-corrected chi connectivity index (χ2v) is 11.3. The van der Waals surface area contributed by atoms with Crippen molar-refractivity contribution >= 4 is 27.8 Å². The van der Waals surface area contributed by atoms with Gasteiger partial charge in [0.1, 0.15) is 6.04 Å². The number of amides is 2. The van der Waals surface area contributed by atoms with Crippen LogP contribution < -0.4 is 5.32 Å². The molecule has 1 aliphatic rings. The van der Waals surface area contributed by atoms with Crippen LogP contribution in [0.15, 0.2) is 23.1 Å². The molecule has 2 rings (SSSR count). The van der Waals surface area contributed by atoms with Crippen LogP contribution in [0.2, 0.25) is 0 Å². The van der Waals surface area contributed by atoms with E-state index in [1.807, 2.05) is 27.7 Å². The van der Waals surface area contributed by atoms with E-state index >= 15 is 0 Å². The standard InChI is InChI=1S/C22H33N3O7S/c1-14-7-8-17(9-15(14)2)33(30,31)25-11-16(26)10-18(25)21(29)32-13-20(28)24(6)12-19(27)23-22(3,4)5/h7-9,16,18,26H,10-13H2,1-6H3,(H,23,27)/t16?,18-/m0/s1. The van der Waals surface area contributed by atoms with Crippen molar-refractivity contribution in [2.75, 3.05) is 26.7 Å². The van der Waals surface area contributed by atoms with Gasteiger partial charge in [-0.05, 0) is 57.9 Å². The number of hydrogen-bond donors (Lipinski definition) is 2. The van der Waals surface area contributed by atoms with Gasteiger partial charge < -0.3 is 20.1 Å². The Morgan fingerprint density at radius 2 is 1.85 bits per heavy atom. The number of ether oxygens (including phenoxy) is 1. The predicted molar refractivity (Wildman–Crippen MR) is 121 cm³/mol. The molecule has 184 valence electrons. The molecule has 0 bridgehead atoms. The zero-order valence-corrected chi connectivity index (χ0v) is 20.7. The lowest BCUT2D eigenvalue weighted by Gasteiger charge is -2.24. The summed E-state index contributed by atoms with van der Waals surface area (Å²) in [5, 5.41) is 12.8. The molecule has 1 aliphatic heterocycles. The number of hydrogen-bond acceptors (Lipinski definition) is 7. The molecule has 1 saturated heterocycles. The third-order valence-electron chi connectivity index (χ3n) is 5.25. The molecule has 1 fully saturated rings. The highest BCUT2D eigenvalue weighted by Crippen LogP contribution is 2.28. The summed E-state index contributed by atoms with van der Waals surface area (Å²) in [5.41, 5.74) is 1.24. The van der Waals surface area contributed by atoms with Gasteiger partial charge in [0, 0.05) is 25.6 Å². The Bertz CT molecular complexity index is 1020. The molecule has 1 heterocycles. The van der Waals surface area contributed by atoms with Gasteiger partial charge in [-0.3, -0.25) is 14.4 Å². The number of nitrogens with zero attached hydrogens (tertiary/aromatic N) is 2.